The maximum atomic E-state index is 13.9. The average molecular weight is 553 g/mol. The first-order chi connectivity index (χ1) is 19.3. The van der Waals surface area contributed by atoms with Gasteiger partial charge in [0, 0.05) is 56.4 Å². The Morgan fingerprint density at radius 3 is 2.48 bits per heavy atom. The normalized spacial score (nSPS) is 13.8. The number of likely N-dealkylation sites (N-methyl/N-ethyl adjacent to an activating group) is 1. The standard InChI is InChI=1S/C26H24F3N7.CH5N.CH2O/c1-34-11-13-35(14-12-34)18-20-5-6-21(16-23(20)26(27,28)29)33-24-15-19(8-10-30-24)4-7-22-17-31-25-3-2-9-32-36(22)25;2*1-2/h2-3,5-6,8-10,15-17H,11-14,18H2,1H3,(H,30,33);2H2,1H3;1H2. The number of benzene rings is 1. The number of nitrogens with one attached hydrogen (secondary N) is 1. The molecule has 4 aromatic rings. The first-order valence-corrected chi connectivity index (χ1v) is 12.4. The third-order valence-corrected chi connectivity index (χ3v) is 6.05. The summed E-state index contributed by atoms with van der Waals surface area (Å²) < 4.78 is 43.3. The van der Waals surface area contributed by atoms with E-state index in [9.17, 15) is 13.2 Å². The summed E-state index contributed by atoms with van der Waals surface area (Å²) in [7, 11) is 3.52. The number of alkyl halides is 3. The summed E-state index contributed by atoms with van der Waals surface area (Å²) in [6.07, 6.45) is 0.395. The van der Waals surface area contributed by atoms with Crippen LogP contribution in [0.25, 0.3) is 5.65 Å². The van der Waals surface area contributed by atoms with E-state index in [1.54, 1.807) is 53.4 Å². The molecule has 1 aliphatic rings. The molecule has 0 saturated carbocycles. The summed E-state index contributed by atoms with van der Waals surface area (Å²) in [5.74, 6) is 6.47. The number of carbonyl (C=O) groups is 1. The average Bonchev–Trinajstić information content (AvgIpc) is 3.39. The van der Waals surface area contributed by atoms with Gasteiger partial charge in [0.25, 0.3) is 0 Å². The predicted octanol–water partition coefficient (Wildman–Crippen LogP) is 3.42. The number of fused-ring (bicyclic) bond motifs is 1. The Balaban J connectivity index is 0.00000106. The molecule has 1 saturated heterocycles. The second kappa shape index (κ2) is 14.2. The second-order valence-electron chi connectivity index (χ2n) is 8.69. The second-order valence-corrected chi connectivity index (χ2v) is 8.69. The van der Waals surface area contributed by atoms with E-state index in [-0.39, 0.29) is 12.1 Å². The maximum Gasteiger partial charge on any atom is 0.416 e. The Kier molecular flexibility index (Phi) is 10.7. The van der Waals surface area contributed by atoms with E-state index in [1.807, 2.05) is 19.9 Å². The van der Waals surface area contributed by atoms with Crippen molar-refractivity contribution >= 4 is 23.9 Å². The molecule has 5 rings (SSSR count). The first kappa shape index (κ1) is 30.2. The fourth-order valence-electron chi connectivity index (χ4n) is 4.08. The van der Waals surface area contributed by atoms with Gasteiger partial charge in [-0.3, -0.25) is 4.90 Å². The van der Waals surface area contributed by atoms with Gasteiger partial charge >= 0.3 is 6.18 Å². The van der Waals surface area contributed by atoms with Gasteiger partial charge in [0.15, 0.2) is 5.65 Å². The molecule has 0 radical (unpaired) electrons. The molecule has 0 spiro atoms. The van der Waals surface area contributed by atoms with Crippen molar-refractivity contribution in [2.24, 2.45) is 5.73 Å². The number of nitrogens with two attached hydrogens (primary N) is 1. The number of pyridine rings is 1. The van der Waals surface area contributed by atoms with Crippen molar-refractivity contribution in [1.82, 2.24) is 29.4 Å². The summed E-state index contributed by atoms with van der Waals surface area (Å²) in [5.41, 5.74) is 6.42. The molecule has 210 valence electrons. The SMILES string of the molecule is C=O.CN.CN1CCN(Cc2ccc(Nc3cc(C#Cc4cnc5cccnn45)ccn3)cc2C(F)(F)F)CC1. The molecule has 3 aromatic heterocycles. The molecular formula is C28H31F3N8O. The van der Waals surface area contributed by atoms with Crippen molar-refractivity contribution in [3.8, 4) is 11.8 Å². The van der Waals surface area contributed by atoms with Crippen LogP contribution in [-0.4, -0.2) is 76.4 Å². The number of piperazine rings is 1. The third-order valence-electron chi connectivity index (χ3n) is 6.05. The molecule has 1 aliphatic heterocycles. The molecule has 1 fully saturated rings. The van der Waals surface area contributed by atoms with E-state index in [4.69, 9.17) is 4.79 Å². The molecular weight excluding hydrogens is 521 g/mol. The van der Waals surface area contributed by atoms with Crippen LogP contribution in [0.3, 0.4) is 0 Å². The van der Waals surface area contributed by atoms with E-state index >= 15 is 0 Å². The summed E-state index contributed by atoms with van der Waals surface area (Å²) in [5, 5.41) is 7.22. The van der Waals surface area contributed by atoms with Gasteiger partial charge < -0.3 is 20.7 Å². The molecule has 12 heteroatoms. The van der Waals surface area contributed by atoms with E-state index in [0.29, 0.717) is 28.4 Å². The number of carbonyl (C=O) groups excluding carboxylic acids is 1. The van der Waals surface area contributed by atoms with Crippen LogP contribution in [-0.2, 0) is 17.5 Å². The predicted molar refractivity (Wildman–Crippen MR) is 148 cm³/mol. The molecule has 0 atom stereocenters. The molecule has 0 unspecified atom stereocenters. The smallest absolute Gasteiger partial charge is 0.340 e. The Morgan fingerprint density at radius 1 is 1.00 bits per heavy atom. The zero-order valence-corrected chi connectivity index (χ0v) is 22.3. The van der Waals surface area contributed by atoms with Gasteiger partial charge in [0.1, 0.15) is 18.3 Å². The largest absolute Gasteiger partial charge is 0.416 e. The Labute approximate surface area is 230 Å². The van der Waals surface area contributed by atoms with Gasteiger partial charge in [-0.1, -0.05) is 12.0 Å². The van der Waals surface area contributed by atoms with Crippen LogP contribution in [0.15, 0.2) is 61.1 Å². The number of halogens is 3. The van der Waals surface area contributed by atoms with Crippen molar-refractivity contribution in [1.29, 1.82) is 0 Å². The lowest BCUT2D eigenvalue weighted by atomic mass is 10.0. The quantitative estimate of drug-likeness (QED) is 0.371. The van der Waals surface area contributed by atoms with Crippen LogP contribution in [0.5, 0.6) is 0 Å². The minimum Gasteiger partial charge on any atom is -0.340 e. The van der Waals surface area contributed by atoms with Crippen LogP contribution in [0.1, 0.15) is 22.4 Å². The zero-order valence-electron chi connectivity index (χ0n) is 22.3. The first-order valence-electron chi connectivity index (χ1n) is 12.4. The van der Waals surface area contributed by atoms with Crippen molar-refractivity contribution < 1.29 is 18.0 Å². The van der Waals surface area contributed by atoms with Gasteiger partial charge in [0.2, 0.25) is 0 Å². The number of nitrogens with zero attached hydrogens (tertiary/aromatic N) is 6. The van der Waals surface area contributed by atoms with Crippen LogP contribution >= 0.6 is 0 Å². The Hall–Kier alpha value is -4.31. The zero-order chi connectivity index (χ0) is 29.1. The van der Waals surface area contributed by atoms with Crippen LogP contribution < -0.4 is 11.1 Å². The fourth-order valence-corrected chi connectivity index (χ4v) is 4.08. The minimum atomic E-state index is -4.46. The van der Waals surface area contributed by atoms with E-state index in [1.165, 1.54) is 7.05 Å². The van der Waals surface area contributed by atoms with Gasteiger partial charge in [-0.05, 0) is 62.0 Å². The summed E-state index contributed by atoms with van der Waals surface area (Å²) in [4.78, 5) is 20.7. The van der Waals surface area contributed by atoms with Crippen molar-refractivity contribution in [3.05, 3.63) is 83.4 Å². The Morgan fingerprint density at radius 2 is 1.75 bits per heavy atom. The number of aromatic nitrogens is 4. The molecule has 0 aliphatic carbocycles. The van der Waals surface area contributed by atoms with E-state index in [0.717, 1.165) is 32.2 Å². The highest BCUT2D eigenvalue weighted by atomic mass is 19.4. The van der Waals surface area contributed by atoms with Crippen molar-refractivity contribution in [2.45, 2.75) is 12.7 Å². The molecule has 4 heterocycles. The number of hydrogen-bond acceptors (Lipinski definition) is 8. The molecule has 0 amide bonds. The summed E-state index contributed by atoms with van der Waals surface area (Å²) >= 11 is 0. The minimum absolute atomic E-state index is 0.268. The van der Waals surface area contributed by atoms with Gasteiger partial charge in [-0.25, -0.2) is 14.5 Å². The highest BCUT2D eigenvalue weighted by molar-refractivity contribution is 5.60. The van der Waals surface area contributed by atoms with Crippen molar-refractivity contribution in [3.63, 3.8) is 0 Å². The Bertz CT molecular complexity index is 1450. The molecule has 40 heavy (non-hydrogen) atoms. The molecule has 0 bridgehead atoms. The van der Waals surface area contributed by atoms with Crippen LogP contribution in [0, 0.1) is 11.8 Å². The lowest BCUT2D eigenvalue weighted by Gasteiger charge is -2.33. The monoisotopic (exact) mass is 552 g/mol. The van der Waals surface area contributed by atoms with Crippen LogP contribution in [0.2, 0.25) is 0 Å². The van der Waals surface area contributed by atoms with Crippen LogP contribution in [0.4, 0.5) is 24.7 Å². The summed E-state index contributed by atoms with van der Waals surface area (Å²) in [6.45, 7) is 5.46. The lowest BCUT2D eigenvalue weighted by Crippen LogP contribution is -2.44. The van der Waals surface area contributed by atoms with Gasteiger partial charge in [-0.15, -0.1) is 0 Å². The van der Waals surface area contributed by atoms with E-state index in [2.05, 4.69) is 47.8 Å². The molecule has 1 aromatic carbocycles. The molecule has 3 N–H and O–H groups in total. The number of hydrogen-bond donors (Lipinski definition) is 2. The topological polar surface area (TPSA) is 105 Å². The fraction of sp³-hybridized carbons (Fsp3) is 0.286. The van der Waals surface area contributed by atoms with Gasteiger partial charge in [0.05, 0.1) is 11.8 Å². The number of imidazole rings is 1. The highest BCUT2D eigenvalue weighted by Crippen LogP contribution is 2.35. The highest BCUT2D eigenvalue weighted by Gasteiger charge is 2.34. The summed E-state index contributed by atoms with van der Waals surface area (Å²) in [6, 6.07) is 11.4. The number of rotatable bonds is 4. The molecule has 9 nitrogen and oxygen atoms in total. The third kappa shape index (κ3) is 7.86. The lowest BCUT2D eigenvalue weighted by molar-refractivity contribution is -0.138. The van der Waals surface area contributed by atoms with Gasteiger partial charge in [-0.2, -0.15) is 18.3 Å². The number of anilines is 2. The maximum absolute atomic E-state index is 13.9. The van der Waals surface area contributed by atoms with Crippen molar-refractivity contribution in [2.75, 3.05) is 45.6 Å². The van der Waals surface area contributed by atoms with E-state index < -0.39 is 11.7 Å².